The molecule has 0 amide bonds. The highest BCUT2D eigenvalue weighted by atomic mass is 35.5. The second-order valence-electron chi connectivity index (χ2n) is 4.25. The molecule has 1 unspecified atom stereocenters. The molecule has 0 radical (unpaired) electrons. The smallest absolute Gasteiger partial charge is 0.118 e. The molecule has 0 bridgehead atoms. The quantitative estimate of drug-likeness (QED) is 0.914. The van der Waals surface area contributed by atoms with Crippen molar-refractivity contribution in [1.82, 2.24) is 0 Å². The fourth-order valence-electron chi connectivity index (χ4n) is 1.98. The maximum atomic E-state index is 6.27. The molecule has 0 saturated heterocycles. The highest BCUT2D eigenvalue weighted by molar-refractivity contribution is 6.30. The molecule has 0 aliphatic heterocycles. The van der Waals surface area contributed by atoms with Crippen LogP contribution in [0.1, 0.15) is 22.7 Å². The number of methoxy groups -OCH3 is 1. The third-order valence-corrected chi connectivity index (χ3v) is 3.28. The number of nitrogens with two attached hydrogens (primary N) is 1. The number of benzene rings is 2. The first-order valence-corrected chi connectivity index (χ1v) is 6.15. The Balaban J connectivity index is 2.31. The lowest BCUT2D eigenvalue weighted by molar-refractivity contribution is 0.414. The number of hydrogen-bond acceptors (Lipinski definition) is 2. The van der Waals surface area contributed by atoms with Crippen molar-refractivity contribution >= 4 is 11.6 Å². The van der Waals surface area contributed by atoms with Crippen molar-refractivity contribution in [2.45, 2.75) is 13.0 Å². The van der Waals surface area contributed by atoms with Gasteiger partial charge in [-0.1, -0.05) is 29.8 Å². The van der Waals surface area contributed by atoms with E-state index in [2.05, 4.69) is 0 Å². The normalized spacial score (nSPS) is 12.2. The van der Waals surface area contributed by atoms with Gasteiger partial charge in [0.15, 0.2) is 0 Å². The van der Waals surface area contributed by atoms with Crippen LogP contribution in [0, 0.1) is 6.92 Å². The molecule has 0 fully saturated rings. The molecule has 1 atom stereocenters. The van der Waals surface area contributed by atoms with E-state index in [1.807, 2.05) is 49.4 Å². The summed E-state index contributed by atoms with van der Waals surface area (Å²) in [4.78, 5) is 0. The molecule has 2 rings (SSSR count). The number of rotatable bonds is 3. The molecule has 2 N–H and O–H groups in total. The first-order valence-electron chi connectivity index (χ1n) is 5.77. The third kappa shape index (κ3) is 2.66. The van der Waals surface area contributed by atoms with Crippen LogP contribution in [0.15, 0.2) is 42.5 Å². The van der Waals surface area contributed by atoms with Crippen molar-refractivity contribution in [3.8, 4) is 5.75 Å². The van der Waals surface area contributed by atoms with Crippen LogP contribution in [0.4, 0.5) is 0 Å². The Morgan fingerprint density at radius 3 is 2.33 bits per heavy atom. The van der Waals surface area contributed by atoms with Gasteiger partial charge in [0.25, 0.3) is 0 Å². The minimum atomic E-state index is -0.145. The van der Waals surface area contributed by atoms with E-state index in [0.29, 0.717) is 0 Å². The predicted molar refractivity (Wildman–Crippen MR) is 75.2 cm³/mol. The number of hydrogen-bond donors (Lipinski definition) is 1. The van der Waals surface area contributed by atoms with E-state index in [-0.39, 0.29) is 6.04 Å². The molecule has 0 saturated carbocycles. The third-order valence-electron chi connectivity index (χ3n) is 3.04. The highest BCUT2D eigenvalue weighted by Gasteiger charge is 2.11. The Morgan fingerprint density at radius 1 is 1.11 bits per heavy atom. The maximum absolute atomic E-state index is 6.27. The molecule has 2 aromatic rings. The number of ether oxygens (including phenoxy) is 1. The molecule has 2 nitrogen and oxygen atoms in total. The summed E-state index contributed by atoms with van der Waals surface area (Å²) in [5.74, 6) is 0.832. The second-order valence-corrected chi connectivity index (χ2v) is 4.69. The summed E-state index contributed by atoms with van der Waals surface area (Å²) in [6.45, 7) is 2.02. The van der Waals surface area contributed by atoms with E-state index in [4.69, 9.17) is 22.1 Å². The van der Waals surface area contributed by atoms with E-state index in [1.165, 1.54) is 0 Å². The van der Waals surface area contributed by atoms with Gasteiger partial charge in [0, 0.05) is 5.02 Å². The zero-order chi connectivity index (χ0) is 13.1. The van der Waals surface area contributed by atoms with Gasteiger partial charge in [0.2, 0.25) is 0 Å². The van der Waals surface area contributed by atoms with Gasteiger partial charge in [-0.05, 0) is 47.9 Å². The number of aryl methyl sites for hydroxylation is 1. The van der Waals surface area contributed by atoms with Crippen molar-refractivity contribution in [1.29, 1.82) is 0 Å². The molecule has 0 aliphatic rings. The van der Waals surface area contributed by atoms with Crippen LogP contribution < -0.4 is 10.5 Å². The fourth-order valence-corrected chi connectivity index (χ4v) is 2.21. The van der Waals surface area contributed by atoms with Gasteiger partial charge < -0.3 is 10.5 Å². The summed E-state index contributed by atoms with van der Waals surface area (Å²) in [5.41, 5.74) is 9.52. The molecular weight excluding hydrogens is 246 g/mol. The van der Waals surface area contributed by atoms with Crippen LogP contribution in [0.25, 0.3) is 0 Å². The van der Waals surface area contributed by atoms with Gasteiger partial charge in [0.1, 0.15) is 5.75 Å². The minimum absolute atomic E-state index is 0.145. The van der Waals surface area contributed by atoms with Crippen molar-refractivity contribution in [3.63, 3.8) is 0 Å². The van der Waals surface area contributed by atoms with Gasteiger partial charge in [-0.15, -0.1) is 0 Å². The first-order chi connectivity index (χ1) is 8.61. The Hall–Kier alpha value is -1.51. The van der Waals surface area contributed by atoms with Crippen LogP contribution in [-0.4, -0.2) is 7.11 Å². The molecule has 0 aliphatic carbocycles. The van der Waals surface area contributed by atoms with Crippen LogP contribution in [-0.2, 0) is 0 Å². The lowest BCUT2D eigenvalue weighted by atomic mass is 9.96. The molecule has 0 spiro atoms. The predicted octanol–water partition coefficient (Wildman–Crippen LogP) is 3.71. The van der Waals surface area contributed by atoms with Gasteiger partial charge in [-0.3, -0.25) is 0 Å². The van der Waals surface area contributed by atoms with E-state index in [9.17, 15) is 0 Å². The molecule has 18 heavy (non-hydrogen) atoms. The van der Waals surface area contributed by atoms with E-state index in [1.54, 1.807) is 7.11 Å². The summed E-state index contributed by atoms with van der Waals surface area (Å²) < 4.78 is 5.14. The first kappa shape index (κ1) is 12.9. The molecule has 3 heteroatoms. The van der Waals surface area contributed by atoms with Crippen molar-refractivity contribution in [2.24, 2.45) is 5.73 Å². The lowest BCUT2D eigenvalue weighted by Gasteiger charge is -2.15. The highest BCUT2D eigenvalue weighted by Crippen LogP contribution is 2.26. The Kier molecular flexibility index (Phi) is 3.90. The zero-order valence-corrected chi connectivity index (χ0v) is 11.2. The average molecular weight is 262 g/mol. The summed E-state index contributed by atoms with van der Waals surface area (Å²) >= 11 is 5.95. The molecule has 0 aromatic heterocycles. The monoisotopic (exact) mass is 261 g/mol. The molecule has 94 valence electrons. The van der Waals surface area contributed by atoms with E-state index in [0.717, 1.165) is 27.5 Å². The summed E-state index contributed by atoms with van der Waals surface area (Å²) in [5, 5.41) is 0.734. The molecule has 0 heterocycles. The Bertz CT molecular complexity index is 537. The van der Waals surface area contributed by atoms with Crippen LogP contribution in [0.3, 0.4) is 0 Å². The fraction of sp³-hybridized carbons (Fsp3) is 0.200. The second kappa shape index (κ2) is 5.42. The van der Waals surface area contributed by atoms with Gasteiger partial charge in [-0.25, -0.2) is 0 Å². The molecule has 2 aromatic carbocycles. The number of halogens is 1. The van der Waals surface area contributed by atoms with E-state index >= 15 is 0 Å². The van der Waals surface area contributed by atoms with E-state index < -0.39 is 0 Å². The SMILES string of the molecule is COc1ccc(C(N)c2ccc(Cl)cc2C)cc1. The summed E-state index contributed by atoms with van der Waals surface area (Å²) in [7, 11) is 1.65. The Morgan fingerprint density at radius 2 is 1.78 bits per heavy atom. The average Bonchev–Trinajstić information content (AvgIpc) is 2.38. The zero-order valence-electron chi connectivity index (χ0n) is 10.5. The minimum Gasteiger partial charge on any atom is -0.497 e. The summed E-state index contributed by atoms with van der Waals surface area (Å²) in [6, 6.07) is 13.4. The van der Waals surface area contributed by atoms with Gasteiger partial charge >= 0.3 is 0 Å². The molecular formula is C15H16ClNO. The van der Waals surface area contributed by atoms with Crippen LogP contribution >= 0.6 is 11.6 Å². The Labute approximate surface area is 112 Å². The summed E-state index contributed by atoms with van der Waals surface area (Å²) in [6.07, 6.45) is 0. The van der Waals surface area contributed by atoms with Crippen LogP contribution in [0.2, 0.25) is 5.02 Å². The van der Waals surface area contributed by atoms with Crippen LogP contribution in [0.5, 0.6) is 5.75 Å². The lowest BCUT2D eigenvalue weighted by Crippen LogP contribution is -2.13. The van der Waals surface area contributed by atoms with Crippen molar-refractivity contribution < 1.29 is 4.74 Å². The van der Waals surface area contributed by atoms with Crippen molar-refractivity contribution in [2.75, 3.05) is 7.11 Å². The standard InChI is InChI=1S/C15H16ClNO/c1-10-9-12(16)5-8-14(10)15(17)11-3-6-13(18-2)7-4-11/h3-9,15H,17H2,1-2H3. The largest absolute Gasteiger partial charge is 0.497 e. The van der Waals surface area contributed by atoms with Gasteiger partial charge in [-0.2, -0.15) is 0 Å². The van der Waals surface area contributed by atoms with Crippen molar-refractivity contribution in [3.05, 3.63) is 64.2 Å². The maximum Gasteiger partial charge on any atom is 0.118 e. The van der Waals surface area contributed by atoms with Gasteiger partial charge in [0.05, 0.1) is 13.2 Å². The topological polar surface area (TPSA) is 35.2 Å².